The third-order valence-electron chi connectivity index (χ3n) is 5.09. The van der Waals surface area contributed by atoms with Crippen molar-refractivity contribution in [1.29, 1.82) is 0 Å². The maximum Gasteiger partial charge on any atom is 0.109 e. The first-order chi connectivity index (χ1) is 9.61. The van der Waals surface area contributed by atoms with Gasteiger partial charge in [0, 0.05) is 23.8 Å². The Morgan fingerprint density at radius 1 is 1.15 bits per heavy atom. The summed E-state index contributed by atoms with van der Waals surface area (Å²) >= 11 is 0. The van der Waals surface area contributed by atoms with Crippen molar-refractivity contribution in [2.75, 3.05) is 17.3 Å². The summed E-state index contributed by atoms with van der Waals surface area (Å²) in [5.41, 5.74) is 7.08. The number of nitrogens with one attached hydrogen (secondary N) is 1. The van der Waals surface area contributed by atoms with E-state index in [1.54, 1.807) is 0 Å². The molecule has 0 saturated carbocycles. The summed E-state index contributed by atoms with van der Waals surface area (Å²) < 4.78 is 0. The van der Waals surface area contributed by atoms with Crippen molar-refractivity contribution >= 4 is 11.4 Å². The summed E-state index contributed by atoms with van der Waals surface area (Å²) in [5, 5.41) is 3.79. The average molecular weight is 264 g/mol. The van der Waals surface area contributed by atoms with Crippen LogP contribution in [0.2, 0.25) is 0 Å². The van der Waals surface area contributed by atoms with Gasteiger partial charge < -0.3 is 10.2 Å². The zero-order chi connectivity index (χ0) is 13.9. The second-order valence-electron chi connectivity index (χ2n) is 6.38. The summed E-state index contributed by atoms with van der Waals surface area (Å²) in [4.78, 5) is 2.39. The lowest BCUT2D eigenvalue weighted by Gasteiger charge is -2.42. The van der Waals surface area contributed by atoms with Crippen molar-refractivity contribution in [3.8, 4) is 0 Å². The SMILES string of the molecule is Cc1cccc2c1NC1N(C)c3ccccc3C1(C)C2. The van der Waals surface area contributed by atoms with E-state index in [2.05, 4.69) is 73.6 Å². The Labute approximate surface area is 120 Å². The van der Waals surface area contributed by atoms with Gasteiger partial charge in [0.2, 0.25) is 0 Å². The van der Waals surface area contributed by atoms with Crippen LogP contribution in [0.15, 0.2) is 42.5 Å². The van der Waals surface area contributed by atoms with Crippen LogP contribution in [0.1, 0.15) is 23.6 Å². The maximum absolute atomic E-state index is 3.79. The normalized spacial score (nSPS) is 26.6. The molecule has 2 atom stereocenters. The Balaban J connectivity index is 1.91. The lowest BCUT2D eigenvalue weighted by Crippen LogP contribution is -2.51. The third kappa shape index (κ3) is 1.34. The van der Waals surface area contributed by atoms with Gasteiger partial charge in [0.25, 0.3) is 0 Å². The van der Waals surface area contributed by atoms with Crippen molar-refractivity contribution in [3.05, 3.63) is 59.2 Å². The van der Waals surface area contributed by atoms with Crippen LogP contribution in [-0.4, -0.2) is 13.2 Å². The molecule has 2 heteroatoms. The van der Waals surface area contributed by atoms with E-state index >= 15 is 0 Å². The highest BCUT2D eigenvalue weighted by molar-refractivity contribution is 5.71. The number of hydrogen-bond donors (Lipinski definition) is 1. The molecule has 2 aromatic carbocycles. The van der Waals surface area contributed by atoms with E-state index in [0.717, 1.165) is 6.42 Å². The van der Waals surface area contributed by atoms with Gasteiger partial charge in [-0.25, -0.2) is 0 Å². The summed E-state index contributed by atoms with van der Waals surface area (Å²) in [6, 6.07) is 15.4. The van der Waals surface area contributed by atoms with Crippen LogP contribution in [0.5, 0.6) is 0 Å². The van der Waals surface area contributed by atoms with Crippen LogP contribution in [0.4, 0.5) is 11.4 Å². The monoisotopic (exact) mass is 264 g/mol. The van der Waals surface area contributed by atoms with Gasteiger partial charge in [-0.1, -0.05) is 43.3 Å². The fraction of sp³-hybridized carbons (Fsp3) is 0.333. The summed E-state index contributed by atoms with van der Waals surface area (Å²) in [5.74, 6) is 0. The van der Waals surface area contributed by atoms with Crippen molar-refractivity contribution in [2.45, 2.75) is 31.8 Å². The van der Waals surface area contributed by atoms with E-state index in [1.165, 1.54) is 28.1 Å². The Hall–Kier alpha value is -1.96. The van der Waals surface area contributed by atoms with Gasteiger partial charge in [0.1, 0.15) is 6.17 Å². The molecular weight excluding hydrogens is 244 g/mol. The smallest absolute Gasteiger partial charge is 0.109 e. The van der Waals surface area contributed by atoms with Crippen LogP contribution in [0.25, 0.3) is 0 Å². The molecule has 0 aliphatic carbocycles. The molecule has 4 rings (SSSR count). The maximum atomic E-state index is 3.79. The van der Waals surface area contributed by atoms with Crippen molar-refractivity contribution < 1.29 is 0 Å². The highest BCUT2D eigenvalue weighted by Gasteiger charge is 2.49. The van der Waals surface area contributed by atoms with Gasteiger partial charge >= 0.3 is 0 Å². The molecule has 0 fully saturated rings. The minimum absolute atomic E-state index is 0.145. The highest BCUT2D eigenvalue weighted by atomic mass is 15.3. The molecule has 2 aliphatic heterocycles. The second kappa shape index (κ2) is 3.78. The Morgan fingerprint density at radius 3 is 2.80 bits per heavy atom. The van der Waals surface area contributed by atoms with Crippen LogP contribution < -0.4 is 10.2 Å². The number of benzene rings is 2. The lowest BCUT2D eigenvalue weighted by molar-refractivity contribution is 0.405. The molecule has 0 aromatic heterocycles. The highest BCUT2D eigenvalue weighted by Crippen LogP contribution is 2.50. The molecular formula is C18H20N2. The molecule has 0 spiro atoms. The quantitative estimate of drug-likeness (QED) is 0.780. The third-order valence-corrected chi connectivity index (χ3v) is 5.09. The summed E-state index contributed by atoms with van der Waals surface area (Å²) in [6.45, 7) is 4.58. The number of para-hydroxylation sites is 2. The molecule has 2 aliphatic rings. The van der Waals surface area contributed by atoms with Crippen LogP contribution in [-0.2, 0) is 11.8 Å². The van der Waals surface area contributed by atoms with Crippen molar-refractivity contribution in [3.63, 3.8) is 0 Å². The van der Waals surface area contributed by atoms with Crippen LogP contribution >= 0.6 is 0 Å². The lowest BCUT2D eigenvalue weighted by atomic mass is 9.74. The first-order valence-corrected chi connectivity index (χ1v) is 7.28. The number of anilines is 2. The molecule has 20 heavy (non-hydrogen) atoms. The standard InChI is InChI=1S/C18H20N2/c1-12-7-6-8-13-11-18(2)14-9-4-5-10-15(14)20(3)17(18)19-16(12)13/h4-10,17,19H,11H2,1-3H3. The minimum atomic E-state index is 0.145. The largest absolute Gasteiger partial charge is 0.364 e. The van der Waals surface area contributed by atoms with Crippen molar-refractivity contribution in [1.82, 2.24) is 0 Å². The number of hydrogen-bond acceptors (Lipinski definition) is 2. The molecule has 1 N–H and O–H groups in total. The predicted octanol–water partition coefficient (Wildman–Crippen LogP) is 3.70. The second-order valence-corrected chi connectivity index (χ2v) is 6.38. The molecule has 102 valence electrons. The van der Waals surface area contributed by atoms with E-state index < -0.39 is 0 Å². The molecule has 2 aromatic rings. The minimum Gasteiger partial charge on any atom is -0.364 e. The molecule has 2 unspecified atom stereocenters. The number of fused-ring (bicyclic) bond motifs is 4. The number of rotatable bonds is 0. The molecule has 0 saturated heterocycles. The molecule has 2 heterocycles. The van der Waals surface area contributed by atoms with Crippen LogP contribution in [0.3, 0.4) is 0 Å². The van der Waals surface area contributed by atoms with Gasteiger partial charge in [-0.05, 0) is 36.1 Å². The van der Waals surface area contributed by atoms with Crippen LogP contribution in [0, 0.1) is 6.92 Å². The van der Waals surface area contributed by atoms with Gasteiger partial charge in [-0.2, -0.15) is 0 Å². The molecule has 0 radical (unpaired) electrons. The van der Waals surface area contributed by atoms with E-state index in [9.17, 15) is 0 Å². The van der Waals surface area contributed by atoms with Crippen molar-refractivity contribution in [2.24, 2.45) is 0 Å². The fourth-order valence-corrected chi connectivity index (χ4v) is 4.04. The average Bonchev–Trinajstić information content (AvgIpc) is 2.67. The van der Waals surface area contributed by atoms with Gasteiger partial charge in [-0.15, -0.1) is 0 Å². The van der Waals surface area contributed by atoms with E-state index in [1.807, 2.05) is 0 Å². The predicted molar refractivity (Wildman–Crippen MR) is 84.5 cm³/mol. The van der Waals surface area contributed by atoms with E-state index in [-0.39, 0.29) is 5.41 Å². The van der Waals surface area contributed by atoms with Gasteiger partial charge in [0.15, 0.2) is 0 Å². The molecule has 0 bridgehead atoms. The number of aryl methyl sites for hydroxylation is 1. The summed E-state index contributed by atoms with van der Waals surface area (Å²) in [6.07, 6.45) is 1.44. The topological polar surface area (TPSA) is 15.3 Å². The Kier molecular flexibility index (Phi) is 2.24. The zero-order valence-corrected chi connectivity index (χ0v) is 12.3. The van der Waals surface area contributed by atoms with Gasteiger partial charge in [0.05, 0.1) is 0 Å². The Morgan fingerprint density at radius 2 is 1.95 bits per heavy atom. The first-order valence-electron chi connectivity index (χ1n) is 7.28. The summed E-state index contributed by atoms with van der Waals surface area (Å²) in [7, 11) is 2.20. The van der Waals surface area contributed by atoms with E-state index in [4.69, 9.17) is 0 Å². The van der Waals surface area contributed by atoms with E-state index in [0.29, 0.717) is 6.17 Å². The molecule has 0 amide bonds. The first kappa shape index (κ1) is 11.8. The number of nitrogens with zero attached hydrogens (tertiary/aromatic N) is 1. The van der Waals surface area contributed by atoms with Gasteiger partial charge in [-0.3, -0.25) is 0 Å². The Bertz CT molecular complexity index is 692. The zero-order valence-electron chi connectivity index (χ0n) is 12.3. The molecule has 2 nitrogen and oxygen atoms in total. The number of likely N-dealkylation sites (N-methyl/N-ethyl adjacent to an activating group) is 1. The fourth-order valence-electron chi connectivity index (χ4n) is 4.04.